The van der Waals surface area contributed by atoms with Crippen molar-refractivity contribution in [3.8, 4) is 0 Å². The average molecular weight is 293 g/mol. The highest BCUT2D eigenvalue weighted by Gasteiger charge is 2.69. The second-order valence-corrected chi connectivity index (χ2v) is 14.2. The standard InChI is InChI=1S/C18H32OSi/c1-16(2,3)20(6,7)19-15-12-14-11-13-9-8-10-17(14,4)18(13,15)5/h8,10,13-15H,9,11-12H2,1-7H3/t13-,14+,15+,17+,18-/m0/s1. The maximum Gasteiger partial charge on any atom is 0.192 e. The molecule has 0 saturated heterocycles. The van der Waals surface area contributed by atoms with Gasteiger partial charge in [0.05, 0.1) is 6.10 Å². The van der Waals surface area contributed by atoms with Crippen LogP contribution in [0.25, 0.3) is 0 Å². The molecule has 114 valence electrons. The zero-order valence-electron chi connectivity index (χ0n) is 14.4. The highest BCUT2D eigenvalue weighted by Crippen LogP contribution is 2.72. The summed E-state index contributed by atoms with van der Waals surface area (Å²) in [6.07, 6.45) is 9.47. The smallest absolute Gasteiger partial charge is 0.192 e. The molecule has 0 unspecified atom stereocenters. The fourth-order valence-corrected chi connectivity index (χ4v) is 6.41. The molecule has 0 radical (unpaired) electrons. The van der Waals surface area contributed by atoms with Gasteiger partial charge in [0.15, 0.2) is 8.32 Å². The third-order valence-corrected chi connectivity index (χ3v) is 12.2. The molecule has 0 aliphatic heterocycles. The van der Waals surface area contributed by atoms with Crippen molar-refractivity contribution in [2.24, 2.45) is 22.7 Å². The summed E-state index contributed by atoms with van der Waals surface area (Å²) in [7, 11) is -1.66. The molecule has 20 heavy (non-hydrogen) atoms. The van der Waals surface area contributed by atoms with Crippen molar-refractivity contribution in [2.45, 2.75) is 78.1 Å². The van der Waals surface area contributed by atoms with Crippen LogP contribution >= 0.6 is 0 Å². The van der Waals surface area contributed by atoms with Gasteiger partial charge in [0.1, 0.15) is 0 Å². The summed E-state index contributed by atoms with van der Waals surface area (Å²) < 4.78 is 6.91. The minimum Gasteiger partial charge on any atom is -0.413 e. The second kappa shape index (κ2) is 4.01. The van der Waals surface area contributed by atoms with Crippen molar-refractivity contribution in [1.82, 2.24) is 0 Å². The maximum absolute atomic E-state index is 6.91. The van der Waals surface area contributed by atoms with Crippen molar-refractivity contribution in [1.29, 1.82) is 0 Å². The van der Waals surface area contributed by atoms with E-state index in [1.165, 1.54) is 19.3 Å². The van der Waals surface area contributed by atoms with Crippen molar-refractivity contribution in [3.05, 3.63) is 12.2 Å². The van der Waals surface area contributed by atoms with E-state index in [-0.39, 0.29) is 0 Å². The highest BCUT2D eigenvalue weighted by atomic mass is 28.4. The van der Waals surface area contributed by atoms with Gasteiger partial charge in [0.2, 0.25) is 0 Å². The SMILES string of the molecule is CC(C)(C)[Si](C)(C)O[C@@H]1C[C@H]2C[C@@H]3CC=C[C@@]2(C)[C@@]31C. The third-order valence-electron chi connectivity index (χ3n) is 7.72. The van der Waals surface area contributed by atoms with Crippen LogP contribution in [0.3, 0.4) is 0 Å². The number of rotatable bonds is 2. The monoisotopic (exact) mass is 292 g/mol. The lowest BCUT2D eigenvalue weighted by Crippen LogP contribution is -2.51. The number of allylic oxidation sites excluding steroid dienone is 2. The van der Waals surface area contributed by atoms with E-state index in [1.807, 2.05) is 0 Å². The molecule has 1 nitrogen and oxygen atoms in total. The topological polar surface area (TPSA) is 9.23 Å². The Kier molecular flexibility index (Phi) is 2.97. The summed E-state index contributed by atoms with van der Waals surface area (Å²) in [6, 6.07) is 0. The van der Waals surface area contributed by atoms with E-state index < -0.39 is 8.32 Å². The van der Waals surface area contributed by atoms with Crippen molar-refractivity contribution < 1.29 is 4.43 Å². The van der Waals surface area contributed by atoms with Gasteiger partial charge in [0, 0.05) is 5.41 Å². The number of hydrogen-bond acceptors (Lipinski definition) is 1. The van der Waals surface area contributed by atoms with Gasteiger partial charge in [-0.25, -0.2) is 0 Å². The van der Waals surface area contributed by atoms with E-state index in [0.29, 0.717) is 22.0 Å². The molecule has 2 fully saturated rings. The Morgan fingerprint density at radius 3 is 2.30 bits per heavy atom. The Bertz CT molecular complexity index is 447. The molecule has 0 aromatic rings. The summed E-state index contributed by atoms with van der Waals surface area (Å²) in [4.78, 5) is 0. The Balaban J connectivity index is 1.90. The van der Waals surface area contributed by atoms with E-state index >= 15 is 0 Å². The minimum atomic E-state index is -1.66. The third kappa shape index (κ3) is 1.64. The highest BCUT2D eigenvalue weighted by molar-refractivity contribution is 6.74. The van der Waals surface area contributed by atoms with Crippen molar-refractivity contribution in [2.75, 3.05) is 0 Å². The normalized spacial score (nSPS) is 47.0. The largest absolute Gasteiger partial charge is 0.413 e. The first-order chi connectivity index (χ1) is 9.02. The molecule has 4 bridgehead atoms. The van der Waals surface area contributed by atoms with Gasteiger partial charge < -0.3 is 4.43 Å². The zero-order valence-corrected chi connectivity index (χ0v) is 15.4. The molecule has 3 aliphatic carbocycles. The average Bonchev–Trinajstić information content (AvgIpc) is 2.55. The molecule has 0 aromatic heterocycles. The van der Waals surface area contributed by atoms with Gasteiger partial charge in [-0.3, -0.25) is 0 Å². The maximum atomic E-state index is 6.91. The first-order valence-corrected chi connectivity index (χ1v) is 11.3. The Labute approximate surface area is 126 Å². The van der Waals surface area contributed by atoms with Crippen LogP contribution in [0.5, 0.6) is 0 Å². The minimum absolute atomic E-state index is 0.317. The van der Waals surface area contributed by atoms with Gasteiger partial charge in [-0.15, -0.1) is 0 Å². The first-order valence-electron chi connectivity index (χ1n) is 8.38. The van der Waals surface area contributed by atoms with Gasteiger partial charge >= 0.3 is 0 Å². The number of hydrogen-bond donors (Lipinski definition) is 0. The molecule has 0 N–H and O–H groups in total. The van der Waals surface area contributed by atoms with Gasteiger partial charge in [0.25, 0.3) is 0 Å². The lowest BCUT2D eigenvalue weighted by atomic mass is 9.61. The molecule has 2 heteroatoms. The lowest BCUT2D eigenvalue weighted by molar-refractivity contribution is -0.0126. The summed E-state index contributed by atoms with van der Waals surface area (Å²) in [5.74, 6) is 1.71. The van der Waals surface area contributed by atoms with E-state index in [1.54, 1.807) is 0 Å². The first kappa shape index (κ1) is 14.8. The molecule has 0 amide bonds. The molecular weight excluding hydrogens is 260 g/mol. The van der Waals surface area contributed by atoms with Crippen molar-refractivity contribution in [3.63, 3.8) is 0 Å². The van der Waals surface area contributed by atoms with Crippen LogP contribution in [0.15, 0.2) is 12.2 Å². The summed E-state index contributed by atoms with van der Waals surface area (Å²) in [5.41, 5.74) is 0.769. The molecule has 3 aliphatic rings. The summed E-state index contributed by atoms with van der Waals surface area (Å²) >= 11 is 0. The molecule has 0 heterocycles. The predicted molar refractivity (Wildman–Crippen MR) is 88.3 cm³/mol. The van der Waals surface area contributed by atoms with E-state index in [2.05, 4.69) is 59.9 Å². The van der Waals surface area contributed by atoms with Gasteiger partial charge in [-0.05, 0) is 54.6 Å². The van der Waals surface area contributed by atoms with Crippen LogP contribution in [-0.2, 0) is 4.43 Å². The lowest BCUT2D eigenvalue weighted by Gasteiger charge is -2.50. The molecule has 0 spiro atoms. The van der Waals surface area contributed by atoms with Crippen molar-refractivity contribution >= 4 is 8.32 Å². The fourth-order valence-electron chi connectivity index (χ4n) is 5.00. The van der Waals surface area contributed by atoms with E-state index in [0.717, 1.165) is 11.8 Å². The predicted octanol–water partition coefficient (Wildman–Crippen LogP) is 5.39. The van der Waals surface area contributed by atoms with Crippen LogP contribution in [0, 0.1) is 22.7 Å². The van der Waals surface area contributed by atoms with Gasteiger partial charge in [-0.1, -0.05) is 46.8 Å². The van der Waals surface area contributed by atoms with Crippen LogP contribution in [0.1, 0.15) is 53.9 Å². The Hall–Kier alpha value is -0.0831. The zero-order chi connectivity index (χ0) is 15.0. The fraction of sp³-hybridized carbons (Fsp3) is 0.889. The van der Waals surface area contributed by atoms with Gasteiger partial charge in [-0.2, -0.15) is 0 Å². The van der Waals surface area contributed by atoms with Crippen LogP contribution in [-0.4, -0.2) is 14.4 Å². The molecule has 2 saturated carbocycles. The van der Waals surface area contributed by atoms with Crippen LogP contribution in [0.4, 0.5) is 0 Å². The quantitative estimate of drug-likeness (QED) is 0.490. The van der Waals surface area contributed by atoms with Crippen LogP contribution in [0.2, 0.25) is 18.1 Å². The van der Waals surface area contributed by atoms with E-state index in [4.69, 9.17) is 4.43 Å². The van der Waals surface area contributed by atoms with Crippen LogP contribution < -0.4 is 0 Å². The Morgan fingerprint density at radius 1 is 1.10 bits per heavy atom. The van der Waals surface area contributed by atoms with E-state index in [9.17, 15) is 0 Å². The summed E-state index contributed by atoms with van der Waals surface area (Å²) in [6.45, 7) is 16.9. The molecule has 3 rings (SSSR count). The molecule has 5 atom stereocenters. The molecular formula is C18H32OSi. The Morgan fingerprint density at radius 2 is 1.75 bits per heavy atom. The summed E-state index contributed by atoms with van der Waals surface area (Å²) in [5, 5.41) is 0.317. The second-order valence-electron chi connectivity index (χ2n) is 9.44. The molecule has 0 aromatic carbocycles.